The van der Waals surface area contributed by atoms with E-state index < -0.39 is 47.2 Å². The number of alkyl halides is 3. The Morgan fingerprint density at radius 2 is 1.83 bits per heavy atom. The van der Waals surface area contributed by atoms with Gasteiger partial charge in [-0.15, -0.1) is 0 Å². The molecule has 1 amide bonds. The average Bonchev–Trinajstić information content (AvgIpc) is 2.91. The Morgan fingerprint density at radius 1 is 1.10 bits per heavy atom. The van der Waals surface area contributed by atoms with E-state index in [-0.39, 0.29) is 23.8 Å². The molecule has 0 atom stereocenters. The predicted octanol–water partition coefficient (Wildman–Crippen LogP) is 7.73. The number of nitrogens with one attached hydrogen (secondary N) is 1. The van der Waals surface area contributed by atoms with Crippen LogP contribution in [0.5, 0.6) is 0 Å². The van der Waals surface area contributed by atoms with Crippen LogP contribution in [-0.2, 0) is 26.9 Å². The van der Waals surface area contributed by atoms with Crippen LogP contribution >= 0.6 is 11.6 Å². The number of esters is 1. The van der Waals surface area contributed by atoms with E-state index in [4.69, 9.17) is 20.8 Å². The lowest BCUT2D eigenvalue weighted by Gasteiger charge is -2.16. The fraction of sp³-hybridized carbons (Fsp3) is 0.194. The fourth-order valence-electron chi connectivity index (χ4n) is 4.41. The summed E-state index contributed by atoms with van der Waals surface area (Å²) in [6.07, 6.45) is -4.01. The highest BCUT2D eigenvalue weighted by Crippen LogP contribution is 2.37. The summed E-state index contributed by atoms with van der Waals surface area (Å²) in [7, 11) is 0. The molecule has 3 aromatic carbocycles. The SMILES string of the molecule is CCOC(=O)C(C)=Cc1cccc(-c2c(CC(=O)Nc3ccc(F)cc3C(F)(F)F)c(=O)oc3cc(Cl)c(C)cc23)c1. The number of benzene rings is 3. The van der Waals surface area contributed by atoms with E-state index in [0.29, 0.717) is 38.2 Å². The third-order valence-electron chi connectivity index (χ3n) is 6.34. The summed E-state index contributed by atoms with van der Waals surface area (Å²) >= 11 is 6.26. The molecule has 0 aliphatic carbocycles. The molecule has 218 valence electrons. The fourth-order valence-corrected chi connectivity index (χ4v) is 4.57. The number of anilines is 1. The number of aryl methyl sites for hydroxylation is 1. The van der Waals surface area contributed by atoms with Crippen LogP contribution in [-0.4, -0.2) is 18.5 Å². The predicted molar refractivity (Wildman–Crippen MR) is 152 cm³/mol. The Balaban J connectivity index is 1.85. The summed E-state index contributed by atoms with van der Waals surface area (Å²) in [4.78, 5) is 38.4. The quantitative estimate of drug-likeness (QED) is 0.101. The molecule has 1 heterocycles. The monoisotopic (exact) mass is 601 g/mol. The van der Waals surface area contributed by atoms with Crippen LogP contribution in [0.4, 0.5) is 23.2 Å². The molecule has 0 saturated heterocycles. The zero-order valence-corrected chi connectivity index (χ0v) is 23.4. The number of ether oxygens (including phenoxy) is 1. The van der Waals surface area contributed by atoms with Gasteiger partial charge >= 0.3 is 17.8 Å². The average molecular weight is 602 g/mol. The van der Waals surface area contributed by atoms with Crippen molar-refractivity contribution in [2.45, 2.75) is 33.4 Å². The standard InChI is InChI=1S/C31H24ClF4NO5/c1-4-41-29(39)17(3)10-18-6-5-7-19(12-18)28-21-11-16(2)24(32)15-26(21)42-30(40)22(28)14-27(38)37-25-9-8-20(33)13-23(25)31(34,35)36/h5-13,15H,4,14H2,1-3H3,(H,37,38). The Labute approximate surface area is 242 Å². The smallest absolute Gasteiger partial charge is 0.418 e. The molecule has 0 aliphatic rings. The summed E-state index contributed by atoms with van der Waals surface area (Å²) in [5.74, 6) is -2.59. The highest BCUT2D eigenvalue weighted by atomic mass is 35.5. The second kappa shape index (κ2) is 12.2. The molecule has 42 heavy (non-hydrogen) atoms. The maximum Gasteiger partial charge on any atom is 0.418 e. The van der Waals surface area contributed by atoms with Gasteiger partial charge in [0.15, 0.2) is 0 Å². The molecule has 0 fully saturated rings. The Morgan fingerprint density at radius 3 is 2.52 bits per heavy atom. The molecular weight excluding hydrogens is 578 g/mol. The molecule has 4 rings (SSSR count). The lowest BCUT2D eigenvalue weighted by Crippen LogP contribution is -2.22. The summed E-state index contributed by atoms with van der Waals surface area (Å²) < 4.78 is 64.5. The molecule has 0 aliphatic heterocycles. The molecule has 0 radical (unpaired) electrons. The summed E-state index contributed by atoms with van der Waals surface area (Å²) in [5.41, 5.74) is -0.590. The van der Waals surface area contributed by atoms with E-state index in [1.54, 1.807) is 57.2 Å². The highest BCUT2D eigenvalue weighted by molar-refractivity contribution is 6.32. The van der Waals surface area contributed by atoms with E-state index in [2.05, 4.69) is 5.32 Å². The van der Waals surface area contributed by atoms with E-state index in [0.717, 1.165) is 12.1 Å². The van der Waals surface area contributed by atoms with Crippen molar-refractivity contribution >= 4 is 46.2 Å². The normalized spacial score (nSPS) is 12.0. The van der Waals surface area contributed by atoms with Crippen molar-refractivity contribution in [3.05, 3.63) is 104 Å². The maximum absolute atomic E-state index is 13.6. The largest absolute Gasteiger partial charge is 0.463 e. The third-order valence-corrected chi connectivity index (χ3v) is 6.74. The van der Waals surface area contributed by atoms with Gasteiger partial charge in [-0.3, -0.25) is 4.79 Å². The van der Waals surface area contributed by atoms with E-state index >= 15 is 0 Å². The van der Waals surface area contributed by atoms with Crippen molar-refractivity contribution in [2.24, 2.45) is 0 Å². The van der Waals surface area contributed by atoms with Crippen LogP contribution in [0.2, 0.25) is 5.02 Å². The molecule has 0 unspecified atom stereocenters. The van der Waals surface area contributed by atoms with Crippen LogP contribution in [0.15, 0.2) is 69.4 Å². The number of halogens is 5. The maximum atomic E-state index is 13.6. The van der Waals surface area contributed by atoms with Gasteiger partial charge in [-0.05, 0) is 73.9 Å². The second-order valence-electron chi connectivity index (χ2n) is 9.43. The zero-order valence-electron chi connectivity index (χ0n) is 22.6. The van der Waals surface area contributed by atoms with Crippen LogP contribution < -0.4 is 10.9 Å². The van der Waals surface area contributed by atoms with Gasteiger partial charge in [0.2, 0.25) is 5.91 Å². The van der Waals surface area contributed by atoms with Gasteiger partial charge in [0.25, 0.3) is 0 Å². The van der Waals surface area contributed by atoms with Crippen LogP contribution in [0.3, 0.4) is 0 Å². The van der Waals surface area contributed by atoms with E-state index in [9.17, 15) is 31.9 Å². The van der Waals surface area contributed by atoms with Gasteiger partial charge in [0.05, 0.1) is 29.8 Å². The summed E-state index contributed by atoms with van der Waals surface area (Å²) in [6.45, 7) is 5.20. The van der Waals surface area contributed by atoms with Crippen molar-refractivity contribution in [1.29, 1.82) is 0 Å². The number of fused-ring (bicyclic) bond motifs is 1. The van der Waals surface area contributed by atoms with Gasteiger partial charge in [0, 0.05) is 27.6 Å². The summed E-state index contributed by atoms with van der Waals surface area (Å²) in [5, 5.41) is 2.90. The van der Waals surface area contributed by atoms with Crippen molar-refractivity contribution in [2.75, 3.05) is 11.9 Å². The van der Waals surface area contributed by atoms with Crippen molar-refractivity contribution in [1.82, 2.24) is 0 Å². The number of hydrogen-bond donors (Lipinski definition) is 1. The first kappa shape index (κ1) is 30.5. The first-order valence-corrected chi connectivity index (χ1v) is 13.0. The molecule has 11 heteroatoms. The Bertz CT molecular complexity index is 1790. The molecule has 1 aromatic heterocycles. The van der Waals surface area contributed by atoms with Crippen molar-refractivity contribution in [3.8, 4) is 11.1 Å². The number of carbonyl (C=O) groups is 2. The lowest BCUT2D eigenvalue weighted by atomic mass is 9.93. The minimum Gasteiger partial charge on any atom is -0.463 e. The van der Waals surface area contributed by atoms with Crippen LogP contribution in [0.25, 0.3) is 28.2 Å². The third kappa shape index (κ3) is 6.71. The van der Waals surface area contributed by atoms with E-state index in [1.165, 1.54) is 6.07 Å². The van der Waals surface area contributed by atoms with E-state index in [1.807, 2.05) is 0 Å². The minimum absolute atomic E-state index is 0.124. The highest BCUT2D eigenvalue weighted by Gasteiger charge is 2.34. The van der Waals surface area contributed by atoms with Gasteiger partial charge in [-0.25, -0.2) is 14.0 Å². The minimum atomic E-state index is -4.94. The van der Waals surface area contributed by atoms with Gasteiger partial charge < -0.3 is 14.5 Å². The molecular formula is C31H24ClF4NO5. The first-order chi connectivity index (χ1) is 19.8. The molecule has 4 aromatic rings. The van der Waals surface area contributed by atoms with Crippen LogP contribution in [0.1, 0.15) is 36.1 Å². The first-order valence-electron chi connectivity index (χ1n) is 12.7. The second-order valence-corrected chi connectivity index (χ2v) is 9.83. The molecule has 0 saturated carbocycles. The topological polar surface area (TPSA) is 85.6 Å². The van der Waals surface area contributed by atoms with Crippen LogP contribution in [0, 0.1) is 12.7 Å². The number of rotatable bonds is 7. The Hall–Kier alpha value is -4.44. The Kier molecular flexibility index (Phi) is 8.86. The number of hydrogen-bond acceptors (Lipinski definition) is 5. The van der Waals surface area contributed by atoms with Gasteiger partial charge in [-0.2, -0.15) is 13.2 Å². The van der Waals surface area contributed by atoms with Crippen molar-refractivity contribution < 1.29 is 36.3 Å². The lowest BCUT2D eigenvalue weighted by molar-refractivity contribution is -0.138. The molecule has 6 nitrogen and oxygen atoms in total. The number of carbonyl (C=O) groups excluding carboxylic acids is 2. The number of amides is 1. The molecule has 0 bridgehead atoms. The molecule has 1 N–H and O–H groups in total. The zero-order chi connectivity index (χ0) is 30.8. The van der Waals surface area contributed by atoms with Gasteiger partial charge in [-0.1, -0.05) is 29.8 Å². The van der Waals surface area contributed by atoms with Crippen molar-refractivity contribution in [3.63, 3.8) is 0 Å². The molecule has 0 spiro atoms. The summed E-state index contributed by atoms with van der Waals surface area (Å²) in [6, 6.07) is 11.8. The van der Waals surface area contributed by atoms with Gasteiger partial charge in [0.1, 0.15) is 11.4 Å².